The van der Waals surface area contributed by atoms with Gasteiger partial charge in [-0.1, -0.05) is 35.3 Å². The van der Waals surface area contributed by atoms with Crippen molar-refractivity contribution in [2.45, 2.75) is 32.2 Å². The lowest BCUT2D eigenvalue weighted by Gasteiger charge is -2.18. The highest BCUT2D eigenvalue weighted by Crippen LogP contribution is 2.28. The summed E-state index contributed by atoms with van der Waals surface area (Å²) < 4.78 is 1.15. The van der Waals surface area contributed by atoms with E-state index in [0.29, 0.717) is 6.04 Å². The Morgan fingerprint density at radius 2 is 2.21 bits per heavy atom. The number of hydrogen-bond donors (Lipinski definition) is 1. The largest absolute Gasteiger partial charge is 0.382 e. The zero-order valence-electron chi connectivity index (χ0n) is 8.46. The monoisotopic (exact) mass is 253 g/mol. The van der Waals surface area contributed by atoms with Gasteiger partial charge in [0, 0.05) is 16.2 Å². The van der Waals surface area contributed by atoms with E-state index in [0.717, 1.165) is 10.4 Å². The maximum Gasteiger partial charge on any atom is 0.0353 e. The van der Waals surface area contributed by atoms with Crippen molar-refractivity contribution in [2.24, 2.45) is 5.92 Å². The van der Waals surface area contributed by atoms with E-state index in [1.807, 2.05) is 0 Å². The van der Waals surface area contributed by atoms with Crippen molar-refractivity contribution < 1.29 is 0 Å². The van der Waals surface area contributed by atoms with Crippen LogP contribution in [0.4, 0.5) is 5.69 Å². The van der Waals surface area contributed by atoms with E-state index >= 15 is 0 Å². The highest BCUT2D eigenvalue weighted by molar-refractivity contribution is 9.10. The van der Waals surface area contributed by atoms with Crippen LogP contribution in [0.25, 0.3) is 0 Å². The van der Waals surface area contributed by atoms with Gasteiger partial charge in [-0.2, -0.15) is 0 Å². The molecule has 0 spiro atoms. The van der Waals surface area contributed by atoms with Crippen LogP contribution in [-0.4, -0.2) is 6.04 Å². The van der Waals surface area contributed by atoms with E-state index in [-0.39, 0.29) is 0 Å². The van der Waals surface area contributed by atoms with Crippen molar-refractivity contribution in [3.05, 3.63) is 28.7 Å². The predicted molar refractivity (Wildman–Crippen MR) is 64.6 cm³/mol. The molecule has 14 heavy (non-hydrogen) atoms. The highest BCUT2D eigenvalue weighted by atomic mass is 79.9. The fourth-order valence-electron chi connectivity index (χ4n) is 2.15. The number of anilines is 1. The van der Waals surface area contributed by atoms with Gasteiger partial charge in [-0.05, 0) is 37.0 Å². The van der Waals surface area contributed by atoms with E-state index in [1.54, 1.807) is 0 Å². The van der Waals surface area contributed by atoms with Gasteiger partial charge in [0.1, 0.15) is 0 Å². The predicted octanol–water partition coefficient (Wildman–Crippen LogP) is 4.05. The molecule has 2 heteroatoms. The Kier molecular flexibility index (Phi) is 3.12. The van der Waals surface area contributed by atoms with Gasteiger partial charge < -0.3 is 5.32 Å². The van der Waals surface area contributed by atoms with Crippen LogP contribution in [0.5, 0.6) is 0 Å². The van der Waals surface area contributed by atoms with Crippen molar-refractivity contribution in [3.8, 4) is 0 Å². The molecule has 2 atom stereocenters. The van der Waals surface area contributed by atoms with E-state index in [1.165, 1.54) is 24.9 Å². The summed E-state index contributed by atoms with van der Waals surface area (Å²) in [4.78, 5) is 0. The molecule has 2 rings (SSSR count). The fraction of sp³-hybridized carbons (Fsp3) is 0.500. The molecule has 1 aliphatic rings. The van der Waals surface area contributed by atoms with Crippen LogP contribution in [0.3, 0.4) is 0 Å². The normalized spacial score (nSPS) is 26.4. The summed E-state index contributed by atoms with van der Waals surface area (Å²) in [6.07, 6.45) is 4.05. The Hall–Kier alpha value is -0.500. The van der Waals surface area contributed by atoms with Gasteiger partial charge in [-0.3, -0.25) is 0 Å². The molecule has 0 saturated heterocycles. The number of rotatable bonds is 2. The lowest BCUT2D eigenvalue weighted by molar-refractivity contribution is 0.556. The lowest BCUT2D eigenvalue weighted by atomic mass is 10.1. The summed E-state index contributed by atoms with van der Waals surface area (Å²) in [7, 11) is 0. The topological polar surface area (TPSA) is 12.0 Å². The van der Waals surface area contributed by atoms with E-state index in [4.69, 9.17) is 0 Å². The van der Waals surface area contributed by atoms with Crippen molar-refractivity contribution in [1.29, 1.82) is 0 Å². The molecule has 1 aromatic rings. The average molecular weight is 254 g/mol. The van der Waals surface area contributed by atoms with E-state index < -0.39 is 0 Å². The minimum atomic E-state index is 0.671. The molecule has 2 unspecified atom stereocenters. The molecule has 0 heterocycles. The summed E-state index contributed by atoms with van der Waals surface area (Å²) in [5.74, 6) is 0.814. The van der Waals surface area contributed by atoms with Crippen LogP contribution in [-0.2, 0) is 0 Å². The fourth-order valence-corrected chi connectivity index (χ4v) is 2.55. The van der Waals surface area contributed by atoms with Crippen LogP contribution in [0.15, 0.2) is 28.7 Å². The third-order valence-electron chi connectivity index (χ3n) is 3.04. The van der Waals surface area contributed by atoms with Gasteiger partial charge in [0.2, 0.25) is 0 Å². The maximum atomic E-state index is 3.60. The van der Waals surface area contributed by atoms with Crippen LogP contribution in [0.2, 0.25) is 0 Å². The third kappa shape index (κ3) is 2.30. The average Bonchev–Trinajstić information content (AvgIpc) is 2.52. The Balaban J connectivity index is 2.03. The summed E-state index contributed by atoms with van der Waals surface area (Å²) in [6, 6.07) is 9.08. The zero-order valence-corrected chi connectivity index (χ0v) is 10.0. The minimum Gasteiger partial charge on any atom is -0.382 e. The second kappa shape index (κ2) is 4.35. The highest BCUT2D eigenvalue weighted by Gasteiger charge is 2.22. The lowest BCUT2D eigenvalue weighted by Crippen LogP contribution is -2.21. The summed E-state index contributed by atoms with van der Waals surface area (Å²) >= 11 is 3.49. The number of nitrogens with one attached hydrogen (secondary N) is 1. The molecule has 1 aromatic carbocycles. The van der Waals surface area contributed by atoms with Gasteiger partial charge in [-0.25, -0.2) is 0 Å². The van der Waals surface area contributed by atoms with Crippen molar-refractivity contribution in [3.63, 3.8) is 0 Å². The molecule has 0 radical (unpaired) electrons. The zero-order chi connectivity index (χ0) is 9.97. The standard InChI is InChI=1S/C12H16BrN/c1-9-4-2-7-12(9)14-11-6-3-5-10(13)8-11/h3,5-6,8-9,12,14H,2,4,7H2,1H3. The third-order valence-corrected chi connectivity index (χ3v) is 3.53. The van der Waals surface area contributed by atoms with Crippen LogP contribution >= 0.6 is 15.9 Å². The van der Waals surface area contributed by atoms with Gasteiger partial charge in [0.15, 0.2) is 0 Å². The molecule has 1 N–H and O–H groups in total. The molecule has 1 fully saturated rings. The SMILES string of the molecule is CC1CCCC1Nc1cccc(Br)c1. The molecule has 1 aliphatic carbocycles. The molecule has 0 aliphatic heterocycles. The second-order valence-corrected chi connectivity index (χ2v) is 5.09. The Bertz CT molecular complexity index is 311. The first-order valence-corrected chi connectivity index (χ1v) is 6.07. The van der Waals surface area contributed by atoms with Crippen molar-refractivity contribution >= 4 is 21.6 Å². The molecule has 0 amide bonds. The first-order valence-electron chi connectivity index (χ1n) is 5.28. The number of hydrogen-bond acceptors (Lipinski definition) is 1. The van der Waals surface area contributed by atoms with Crippen LogP contribution in [0.1, 0.15) is 26.2 Å². The molecular formula is C12H16BrN. The van der Waals surface area contributed by atoms with Crippen LogP contribution in [0, 0.1) is 5.92 Å². The van der Waals surface area contributed by atoms with Crippen LogP contribution < -0.4 is 5.32 Å². The first kappa shape index (κ1) is 10.0. The minimum absolute atomic E-state index is 0.671. The van der Waals surface area contributed by atoms with Gasteiger partial charge >= 0.3 is 0 Å². The van der Waals surface area contributed by atoms with Gasteiger partial charge in [0.05, 0.1) is 0 Å². The Labute approximate surface area is 94.0 Å². The van der Waals surface area contributed by atoms with Crippen molar-refractivity contribution in [2.75, 3.05) is 5.32 Å². The van der Waals surface area contributed by atoms with Gasteiger partial charge in [-0.15, -0.1) is 0 Å². The molecule has 0 bridgehead atoms. The quantitative estimate of drug-likeness (QED) is 0.839. The Morgan fingerprint density at radius 1 is 1.36 bits per heavy atom. The summed E-state index contributed by atoms with van der Waals surface area (Å²) in [5.41, 5.74) is 1.23. The summed E-state index contributed by atoms with van der Waals surface area (Å²) in [6.45, 7) is 2.34. The molecule has 1 saturated carbocycles. The molecular weight excluding hydrogens is 238 g/mol. The molecule has 76 valence electrons. The van der Waals surface area contributed by atoms with E-state index in [9.17, 15) is 0 Å². The second-order valence-electron chi connectivity index (χ2n) is 4.17. The maximum absolute atomic E-state index is 3.60. The van der Waals surface area contributed by atoms with E-state index in [2.05, 4.69) is 52.4 Å². The number of halogens is 1. The molecule has 1 nitrogen and oxygen atoms in total. The smallest absolute Gasteiger partial charge is 0.0353 e. The van der Waals surface area contributed by atoms with Gasteiger partial charge in [0.25, 0.3) is 0 Å². The van der Waals surface area contributed by atoms with Crippen molar-refractivity contribution in [1.82, 2.24) is 0 Å². The summed E-state index contributed by atoms with van der Waals surface area (Å²) in [5, 5.41) is 3.60. The molecule has 0 aromatic heterocycles. The Morgan fingerprint density at radius 3 is 2.86 bits per heavy atom. The first-order chi connectivity index (χ1) is 6.75. The number of benzene rings is 1.